The Morgan fingerprint density at radius 2 is 2.10 bits per heavy atom. The molecule has 5 heterocycles. The van der Waals surface area contributed by atoms with Crippen molar-refractivity contribution < 1.29 is 9.26 Å². The smallest absolute Gasteiger partial charge is 0.269 e. The molecule has 150 valence electrons. The molecule has 2 fully saturated rings. The van der Waals surface area contributed by atoms with Crippen molar-refractivity contribution in [3.8, 4) is 11.3 Å². The number of fused-ring (bicyclic) bond motifs is 1. The minimum atomic E-state index is -0.140. The molecular formula is C21H23N5O3. The fraction of sp³-hybridized carbons (Fsp3) is 0.429. The standard InChI is InChI=1S/C21H23N5O3/c1-13-3-4-15(8-22-13)21-18(14(2)29-24-21)10-26-20(27)7-17(9-23-26)25-6-5-16-11-28-12-19(16)25/h3-4,7-9,16,19H,5-6,10-12H2,1-2H3/t16-,19+/m0/s1. The largest absolute Gasteiger partial charge is 0.379 e. The molecule has 0 aliphatic carbocycles. The number of hydrogen-bond donors (Lipinski definition) is 0. The van der Waals surface area contributed by atoms with Crippen LogP contribution in [0.3, 0.4) is 0 Å². The van der Waals surface area contributed by atoms with Crippen molar-refractivity contribution >= 4 is 5.69 Å². The van der Waals surface area contributed by atoms with Crippen LogP contribution in [0.5, 0.6) is 0 Å². The van der Waals surface area contributed by atoms with Gasteiger partial charge in [-0.25, -0.2) is 4.68 Å². The van der Waals surface area contributed by atoms with Crippen LogP contribution in [0.25, 0.3) is 11.3 Å². The molecule has 2 aliphatic rings. The Hall–Kier alpha value is -3.00. The van der Waals surface area contributed by atoms with Gasteiger partial charge in [-0.05, 0) is 32.4 Å². The monoisotopic (exact) mass is 393 g/mol. The Bertz CT molecular complexity index is 1090. The number of hydrogen-bond acceptors (Lipinski definition) is 7. The van der Waals surface area contributed by atoms with Crippen LogP contribution in [0.1, 0.15) is 23.4 Å². The van der Waals surface area contributed by atoms with Gasteiger partial charge in [0.25, 0.3) is 5.56 Å². The first-order valence-corrected chi connectivity index (χ1v) is 9.90. The molecule has 8 heteroatoms. The summed E-state index contributed by atoms with van der Waals surface area (Å²) in [5.74, 6) is 1.23. The van der Waals surface area contributed by atoms with E-state index in [1.165, 1.54) is 4.68 Å². The molecule has 29 heavy (non-hydrogen) atoms. The maximum absolute atomic E-state index is 12.8. The number of aryl methyl sites for hydroxylation is 2. The van der Waals surface area contributed by atoms with Crippen LogP contribution in [0.15, 0.2) is 39.9 Å². The zero-order valence-electron chi connectivity index (χ0n) is 16.5. The van der Waals surface area contributed by atoms with Crippen molar-refractivity contribution in [2.24, 2.45) is 5.92 Å². The van der Waals surface area contributed by atoms with E-state index in [1.54, 1.807) is 18.5 Å². The third kappa shape index (κ3) is 3.23. The van der Waals surface area contributed by atoms with E-state index in [0.29, 0.717) is 30.0 Å². The van der Waals surface area contributed by atoms with Crippen LogP contribution in [-0.4, -0.2) is 45.7 Å². The van der Waals surface area contributed by atoms with E-state index in [0.717, 1.165) is 48.7 Å². The summed E-state index contributed by atoms with van der Waals surface area (Å²) in [7, 11) is 0. The average molecular weight is 393 g/mol. The van der Waals surface area contributed by atoms with Crippen LogP contribution in [0.4, 0.5) is 5.69 Å². The Kier molecular flexibility index (Phi) is 4.43. The molecule has 0 N–H and O–H groups in total. The minimum absolute atomic E-state index is 0.140. The number of rotatable bonds is 4. The molecule has 8 nitrogen and oxygen atoms in total. The first kappa shape index (κ1) is 18.1. The summed E-state index contributed by atoms with van der Waals surface area (Å²) in [4.78, 5) is 19.4. The summed E-state index contributed by atoms with van der Waals surface area (Å²) in [5, 5.41) is 8.62. The van der Waals surface area contributed by atoms with Crippen LogP contribution in [0, 0.1) is 19.8 Å². The second-order valence-corrected chi connectivity index (χ2v) is 7.81. The lowest BCUT2D eigenvalue weighted by Crippen LogP contribution is -2.34. The van der Waals surface area contributed by atoms with Gasteiger partial charge in [0.05, 0.1) is 37.7 Å². The van der Waals surface area contributed by atoms with Gasteiger partial charge in [-0.3, -0.25) is 9.78 Å². The van der Waals surface area contributed by atoms with Crippen molar-refractivity contribution in [2.45, 2.75) is 32.9 Å². The van der Waals surface area contributed by atoms with Crippen molar-refractivity contribution in [3.63, 3.8) is 0 Å². The Balaban J connectivity index is 1.42. The van der Waals surface area contributed by atoms with Crippen LogP contribution < -0.4 is 10.5 Å². The van der Waals surface area contributed by atoms with Gasteiger partial charge < -0.3 is 14.2 Å². The number of pyridine rings is 1. The third-order valence-electron chi connectivity index (χ3n) is 5.97. The second-order valence-electron chi connectivity index (χ2n) is 7.81. The Morgan fingerprint density at radius 3 is 2.90 bits per heavy atom. The van der Waals surface area contributed by atoms with E-state index in [4.69, 9.17) is 9.26 Å². The van der Waals surface area contributed by atoms with E-state index in [9.17, 15) is 4.79 Å². The van der Waals surface area contributed by atoms with Gasteiger partial charge in [0.2, 0.25) is 0 Å². The molecule has 0 amide bonds. The Morgan fingerprint density at radius 1 is 1.21 bits per heavy atom. The van der Waals surface area contributed by atoms with E-state index in [-0.39, 0.29) is 5.56 Å². The van der Waals surface area contributed by atoms with E-state index >= 15 is 0 Å². The highest BCUT2D eigenvalue weighted by Crippen LogP contribution is 2.33. The maximum atomic E-state index is 12.8. The minimum Gasteiger partial charge on any atom is -0.379 e. The highest BCUT2D eigenvalue weighted by Gasteiger charge is 2.38. The van der Waals surface area contributed by atoms with Gasteiger partial charge in [0.15, 0.2) is 0 Å². The van der Waals surface area contributed by atoms with Crippen molar-refractivity contribution in [1.29, 1.82) is 0 Å². The average Bonchev–Trinajstić information content (AvgIpc) is 3.41. The molecule has 0 bridgehead atoms. The third-order valence-corrected chi connectivity index (χ3v) is 5.97. The quantitative estimate of drug-likeness (QED) is 0.671. The van der Waals surface area contributed by atoms with E-state index in [1.807, 2.05) is 26.0 Å². The normalized spacial score (nSPS) is 21.0. The molecule has 2 aliphatic heterocycles. The number of anilines is 1. The molecule has 0 aromatic carbocycles. The van der Waals surface area contributed by atoms with Gasteiger partial charge in [0, 0.05) is 41.5 Å². The predicted molar refractivity (Wildman–Crippen MR) is 107 cm³/mol. The van der Waals surface area contributed by atoms with Gasteiger partial charge in [-0.1, -0.05) is 5.16 Å². The van der Waals surface area contributed by atoms with Crippen LogP contribution >= 0.6 is 0 Å². The summed E-state index contributed by atoms with van der Waals surface area (Å²) < 4.78 is 12.4. The zero-order valence-corrected chi connectivity index (χ0v) is 16.5. The topological polar surface area (TPSA) is 86.3 Å². The first-order chi connectivity index (χ1) is 14.1. The Labute approximate surface area is 168 Å². The summed E-state index contributed by atoms with van der Waals surface area (Å²) in [6.45, 7) is 6.56. The molecule has 0 unspecified atom stereocenters. The highest BCUT2D eigenvalue weighted by atomic mass is 16.5. The van der Waals surface area contributed by atoms with Gasteiger partial charge in [-0.15, -0.1) is 0 Å². The fourth-order valence-electron chi connectivity index (χ4n) is 4.26. The number of aromatic nitrogens is 4. The fourth-order valence-corrected chi connectivity index (χ4v) is 4.26. The first-order valence-electron chi connectivity index (χ1n) is 9.90. The lowest BCUT2D eigenvalue weighted by molar-refractivity contribution is 0.179. The maximum Gasteiger partial charge on any atom is 0.269 e. The van der Waals surface area contributed by atoms with Gasteiger partial charge >= 0.3 is 0 Å². The van der Waals surface area contributed by atoms with Crippen molar-refractivity contribution in [3.05, 3.63) is 58.0 Å². The van der Waals surface area contributed by atoms with E-state index in [2.05, 4.69) is 20.1 Å². The van der Waals surface area contributed by atoms with Crippen LogP contribution in [-0.2, 0) is 11.3 Å². The summed E-state index contributed by atoms with van der Waals surface area (Å²) in [5.41, 5.74) is 4.05. The summed E-state index contributed by atoms with van der Waals surface area (Å²) in [6, 6.07) is 5.91. The second kappa shape index (κ2) is 7.11. The molecule has 3 aromatic heterocycles. The molecule has 3 aromatic rings. The van der Waals surface area contributed by atoms with Crippen LogP contribution in [0.2, 0.25) is 0 Å². The summed E-state index contributed by atoms with van der Waals surface area (Å²) in [6.07, 6.45) is 4.64. The van der Waals surface area contributed by atoms with Gasteiger partial charge in [-0.2, -0.15) is 5.10 Å². The molecule has 5 rings (SSSR count). The van der Waals surface area contributed by atoms with E-state index < -0.39 is 0 Å². The molecule has 0 radical (unpaired) electrons. The molecule has 2 saturated heterocycles. The number of ether oxygens (including phenoxy) is 1. The number of nitrogens with zero attached hydrogens (tertiary/aromatic N) is 5. The predicted octanol–water partition coefficient (Wildman–Crippen LogP) is 2.18. The SMILES string of the molecule is Cc1ccc(-c2noc(C)c2Cn2ncc(N3CC[C@H]4COC[C@H]43)cc2=O)cn1. The lowest BCUT2D eigenvalue weighted by Gasteiger charge is -2.24. The van der Waals surface area contributed by atoms with Gasteiger partial charge in [0.1, 0.15) is 11.5 Å². The molecule has 0 spiro atoms. The molecule has 2 atom stereocenters. The lowest BCUT2D eigenvalue weighted by atomic mass is 10.1. The molecular weight excluding hydrogens is 370 g/mol. The highest BCUT2D eigenvalue weighted by molar-refractivity contribution is 5.62. The zero-order chi connectivity index (χ0) is 20.0. The van der Waals surface area contributed by atoms with Crippen molar-refractivity contribution in [2.75, 3.05) is 24.7 Å². The summed E-state index contributed by atoms with van der Waals surface area (Å²) >= 11 is 0. The van der Waals surface area contributed by atoms with Crippen molar-refractivity contribution in [1.82, 2.24) is 19.9 Å². The molecule has 0 saturated carbocycles.